The van der Waals surface area contributed by atoms with Crippen molar-refractivity contribution in [1.29, 1.82) is 0 Å². The minimum absolute atomic E-state index is 0.0503. The number of fused-ring (bicyclic) bond motifs is 7. The number of hydrogen-bond acceptors (Lipinski definition) is 7. The van der Waals surface area contributed by atoms with Crippen molar-refractivity contribution in [3.05, 3.63) is 23.5 Å². The van der Waals surface area contributed by atoms with Gasteiger partial charge in [-0.1, -0.05) is 54.0 Å². The van der Waals surface area contributed by atoms with E-state index in [-0.39, 0.29) is 41.0 Å². The van der Waals surface area contributed by atoms with E-state index in [4.69, 9.17) is 4.74 Å². The number of Topliss-reactive ketones (excluding diaryl/α,β-unsaturated/α-hetero) is 1. The third-order valence-electron chi connectivity index (χ3n) is 13.2. The van der Waals surface area contributed by atoms with Crippen molar-refractivity contribution < 1.29 is 44.9 Å². The van der Waals surface area contributed by atoms with E-state index in [1.54, 1.807) is 19.9 Å². The van der Waals surface area contributed by atoms with Crippen molar-refractivity contribution in [3.63, 3.8) is 0 Å². The first-order valence-corrected chi connectivity index (χ1v) is 16.9. The Bertz CT molecular complexity index is 1470. The first-order valence-electron chi connectivity index (χ1n) is 15.5. The van der Waals surface area contributed by atoms with E-state index in [1.165, 1.54) is 7.11 Å². The van der Waals surface area contributed by atoms with Crippen molar-refractivity contribution >= 4 is 27.7 Å². The highest BCUT2D eigenvalue weighted by atomic mass is 32.2. The zero-order valence-electron chi connectivity index (χ0n) is 26.9. The van der Waals surface area contributed by atoms with Crippen LogP contribution in [-0.4, -0.2) is 38.6 Å². The van der Waals surface area contributed by atoms with Crippen LogP contribution in [0.15, 0.2) is 23.5 Å². The quantitative estimate of drug-likeness (QED) is 0.107. The largest absolute Gasteiger partial charge is 0.534 e. The highest BCUT2D eigenvalue weighted by molar-refractivity contribution is 7.87. The van der Waals surface area contributed by atoms with Gasteiger partial charge in [0.05, 0.1) is 12.5 Å². The number of allylic oxidation sites excluding steroid dienone is 3. The van der Waals surface area contributed by atoms with E-state index in [0.717, 1.165) is 12.0 Å². The number of rotatable bonds is 3. The summed E-state index contributed by atoms with van der Waals surface area (Å²) in [4.78, 5) is 41.5. The van der Waals surface area contributed by atoms with Crippen LogP contribution >= 0.6 is 0 Å². The van der Waals surface area contributed by atoms with E-state index < -0.39 is 54.4 Å². The smallest absolute Gasteiger partial charge is 0.469 e. The maximum atomic E-state index is 14.5. The molecule has 0 N–H and O–H groups in total. The second-order valence-electron chi connectivity index (χ2n) is 16.2. The molecular weight excluding hydrogens is 597 g/mol. The average Bonchev–Trinajstić information content (AvgIpc) is 2.90. The van der Waals surface area contributed by atoms with Gasteiger partial charge < -0.3 is 8.92 Å². The molecule has 4 fully saturated rings. The summed E-state index contributed by atoms with van der Waals surface area (Å²) >= 11 is 0. The van der Waals surface area contributed by atoms with Gasteiger partial charge in [-0.15, -0.1) is 0 Å². The van der Waals surface area contributed by atoms with Crippen LogP contribution in [0.5, 0.6) is 0 Å². The van der Waals surface area contributed by atoms with Gasteiger partial charge in [-0.3, -0.25) is 14.4 Å². The van der Waals surface area contributed by atoms with Gasteiger partial charge in [0.2, 0.25) is 0 Å². The first-order chi connectivity index (χ1) is 19.9. The molecular formula is C33H45F3O7S. The molecule has 7 nitrogen and oxygen atoms in total. The summed E-state index contributed by atoms with van der Waals surface area (Å²) in [6, 6.07) is 0. The molecule has 0 aromatic rings. The highest BCUT2D eigenvalue weighted by Crippen LogP contribution is 2.75. The molecule has 0 aromatic heterocycles. The number of ether oxygens (including phenoxy) is 1. The van der Waals surface area contributed by atoms with Crippen LogP contribution in [-0.2, 0) is 33.4 Å². The van der Waals surface area contributed by atoms with Crippen LogP contribution < -0.4 is 0 Å². The van der Waals surface area contributed by atoms with Crippen LogP contribution in [0.3, 0.4) is 0 Å². The van der Waals surface area contributed by atoms with E-state index in [2.05, 4.69) is 31.9 Å². The van der Waals surface area contributed by atoms with E-state index in [0.29, 0.717) is 44.8 Å². The minimum atomic E-state index is -5.95. The van der Waals surface area contributed by atoms with Crippen molar-refractivity contribution in [2.45, 2.75) is 105 Å². The lowest BCUT2D eigenvalue weighted by Crippen LogP contribution is -2.66. The molecule has 0 bridgehead atoms. The summed E-state index contributed by atoms with van der Waals surface area (Å²) < 4.78 is 72.2. The van der Waals surface area contributed by atoms with Gasteiger partial charge in [0.25, 0.3) is 0 Å². The van der Waals surface area contributed by atoms with Gasteiger partial charge in [0.1, 0.15) is 6.26 Å². The van der Waals surface area contributed by atoms with Gasteiger partial charge in [0, 0.05) is 16.9 Å². The number of ketones is 2. The van der Waals surface area contributed by atoms with Gasteiger partial charge >= 0.3 is 21.6 Å². The van der Waals surface area contributed by atoms with Crippen molar-refractivity contribution in [2.75, 3.05) is 7.11 Å². The Balaban J connectivity index is 1.63. The number of halogens is 3. The maximum Gasteiger partial charge on any atom is 0.534 e. The lowest BCUT2D eigenvalue weighted by molar-refractivity contribution is -0.192. The SMILES string of the molecule is COC(=O)[C@]12CCC(C)(C)C[C@H]1[C@H]1C(=O)C=C3[C@@]4(C)C/C(=C\OS(=O)(=O)C(F)(F)F)C(=O)C(C)(C)[C@@H]4CC[C@@]3(C)[C@]1(C)CC2. The zero-order valence-corrected chi connectivity index (χ0v) is 27.8. The number of carbonyl (C=O) groups is 3. The van der Waals surface area contributed by atoms with Crippen LogP contribution in [0.1, 0.15) is 99.8 Å². The number of methoxy groups -OCH3 is 1. The summed E-state index contributed by atoms with van der Waals surface area (Å²) in [7, 11) is -4.54. The molecule has 7 atom stereocenters. The lowest BCUT2D eigenvalue weighted by Gasteiger charge is -2.69. The fraction of sp³-hybridized carbons (Fsp3) is 0.788. The predicted molar refractivity (Wildman–Crippen MR) is 156 cm³/mol. The monoisotopic (exact) mass is 642 g/mol. The van der Waals surface area contributed by atoms with Crippen LogP contribution in [0.25, 0.3) is 0 Å². The average molecular weight is 643 g/mol. The van der Waals surface area contributed by atoms with Crippen molar-refractivity contribution in [1.82, 2.24) is 0 Å². The number of carbonyl (C=O) groups excluding carboxylic acids is 3. The third-order valence-corrected chi connectivity index (χ3v) is 14.1. The summed E-state index contributed by atoms with van der Waals surface area (Å²) in [5, 5.41) is 0. The lowest BCUT2D eigenvalue weighted by atomic mass is 9.33. The Morgan fingerprint density at radius 1 is 0.977 bits per heavy atom. The molecule has 0 radical (unpaired) electrons. The molecule has 0 aromatic carbocycles. The molecule has 0 aliphatic heterocycles. The topological polar surface area (TPSA) is 104 Å². The van der Waals surface area contributed by atoms with Crippen molar-refractivity contribution in [3.8, 4) is 0 Å². The van der Waals surface area contributed by atoms with Gasteiger partial charge in [-0.2, -0.15) is 21.6 Å². The number of alkyl halides is 3. The summed E-state index contributed by atoms with van der Waals surface area (Å²) in [5.74, 6) is -1.63. The van der Waals surface area contributed by atoms with Crippen LogP contribution in [0.2, 0.25) is 0 Å². The second-order valence-corrected chi connectivity index (χ2v) is 17.7. The van der Waals surface area contributed by atoms with Gasteiger partial charge in [0.15, 0.2) is 11.6 Å². The molecule has 11 heteroatoms. The number of hydrogen-bond donors (Lipinski definition) is 0. The summed E-state index contributed by atoms with van der Waals surface area (Å²) in [5.41, 5.74) is -8.62. The molecule has 44 heavy (non-hydrogen) atoms. The Hall–Kier alpha value is -2.17. The van der Waals surface area contributed by atoms with Crippen LogP contribution in [0, 0.1) is 50.2 Å². The van der Waals surface area contributed by atoms with Crippen LogP contribution in [0.4, 0.5) is 13.2 Å². The molecule has 246 valence electrons. The third kappa shape index (κ3) is 4.33. The molecule has 5 rings (SSSR count). The zero-order chi connectivity index (χ0) is 33.1. The molecule has 4 saturated carbocycles. The highest BCUT2D eigenvalue weighted by Gasteiger charge is 2.71. The van der Waals surface area contributed by atoms with E-state index in [9.17, 15) is 36.0 Å². The Labute approximate surface area is 258 Å². The van der Waals surface area contributed by atoms with E-state index in [1.807, 2.05) is 6.92 Å². The standard InChI is InChI=1S/C33H45F3O7S/c1-27(2)11-13-32(26(39)42-8)14-12-31(7)24(20(32)17-27)21(37)15-23-29(5)16-19(18-43-44(40,41)33(34,35)36)25(38)28(3,4)22(29)9-10-30(23,31)6/h15,18,20,22,24H,9-14,16-17H2,1-8H3/b19-18+/t20-,22-,24-,29-,30+,31+,32-/m0/s1. The predicted octanol–water partition coefficient (Wildman–Crippen LogP) is 7.07. The van der Waals surface area contributed by atoms with Gasteiger partial charge in [-0.25, -0.2) is 0 Å². The maximum absolute atomic E-state index is 14.5. The van der Waals surface area contributed by atoms with Gasteiger partial charge in [-0.05, 0) is 90.9 Å². The summed E-state index contributed by atoms with van der Waals surface area (Å²) in [6.07, 6.45) is 6.92. The Morgan fingerprint density at radius 2 is 1.59 bits per heavy atom. The van der Waals surface area contributed by atoms with Crippen molar-refractivity contribution in [2.24, 2.45) is 50.2 Å². The molecule has 0 saturated heterocycles. The fourth-order valence-electron chi connectivity index (χ4n) is 10.7. The fourth-order valence-corrected chi connectivity index (χ4v) is 11.1. The summed E-state index contributed by atoms with van der Waals surface area (Å²) in [6.45, 7) is 14.1. The Kier molecular flexibility index (Phi) is 7.30. The molecule has 0 spiro atoms. The normalized spacial score (nSPS) is 42.3. The molecule has 0 unspecified atom stereocenters. The Morgan fingerprint density at radius 3 is 2.18 bits per heavy atom. The second kappa shape index (κ2) is 9.67. The van der Waals surface area contributed by atoms with E-state index >= 15 is 0 Å². The number of esters is 1. The molecule has 5 aliphatic rings. The molecule has 5 aliphatic carbocycles. The molecule has 0 amide bonds. The minimum Gasteiger partial charge on any atom is -0.469 e. The first kappa shape index (κ1) is 33.2. The molecule has 0 heterocycles.